The quantitative estimate of drug-likeness (QED) is 0.724. The molecule has 1 aromatic carbocycles. The molecule has 1 N–H and O–H groups in total. The van der Waals surface area contributed by atoms with Gasteiger partial charge in [0.05, 0.1) is 16.3 Å². The van der Waals surface area contributed by atoms with Gasteiger partial charge >= 0.3 is 0 Å². The van der Waals surface area contributed by atoms with Crippen molar-refractivity contribution in [2.75, 3.05) is 19.6 Å². The van der Waals surface area contributed by atoms with Gasteiger partial charge in [-0.15, -0.1) is 23.7 Å². The molecule has 0 unspecified atom stereocenters. The molecule has 8 heteroatoms. The summed E-state index contributed by atoms with van der Waals surface area (Å²) in [6, 6.07) is 8.34. The number of aromatic nitrogens is 2. The minimum absolute atomic E-state index is 0. The number of hydrogen-bond donors (Lipinski definition) is 1. The van der Waals surface area contributed by atoms with Gasteiger partial charge in [-0.25, -0.2) is 9.07 Å². The van der Waals surface area contributed by atoms with Crippen molar-refractivity contribution in [3.63, 3.8) is 0 Å². The van der Waals surface area contributed by atoms with E-state index in [1.54, 1.807) is 16.8 Å². The first-order chi connectivity index (χ1) is 12.0. The normalized spacial score (nSPS) is 17.3. The number of fused-ring (bicyclic) bond motifs is 1. The molecule has 1 atom stereocenters. The van der Waals surface area contributed by atoms with Crippen LogP contribution in [0.5, 0.6) is 0 Å². The van der Waals surface area contributed by atoms with Crippen LogP contribution in [0.1, 0.15) is 22.3 Å². The molecule has 26 heavy (non-hydrogen) atoms. The van der Waals surface area contributed by atoms with Crippen molar-refractivity contribution in [3.05, 3.63) is 46.7 Å². The molecule has 5 nitrogen and oxygen atoms in total. The van der Waals surface area contributed by atoms with Gasteiger partial charge in [-0.2, -0.15) is 5.10 Å². The summed E-state index contributed by atoms with van der Waals surface area (Å²) in [5, 5.41) is 8.82. The third kappa shape index (κ3) is 3.22. The van der Waals surface area contributed by atoms with Gasteiger partial charge in [-0.3, -0.25) is 4.79 Å². The van der Waals surface area contributed by atoms with E-state index in [-0.39, 0.29) is 30.2 Å². The van der Waals surface area contributed by atoms with Gasteiger partial charge in [0, 0.05) is 31.1 Å². The monoisotopic (exact) mass is 394 g/mol. The molecule has 1 fully saturated rings. The maximum absolute atomic E-state index is 13.2. The van der Waals surface area contributed by atoms with Gasteiger partial charge in [0.15, 0.2) is 0 Å². The average molecular weight is 395 g/mol. The zero-order valence-corrected chi connectivity index (χ0v) is 16.2. The number of nitrogens with one attached hydrogen (secondary N) is 1. The highest BCUT2D eigenvalue weighted by atomic mass is 35.5. The molecule has 1 aliphatic rings. The molecule has 0 radical (unpaired) electrons. The first-order valence-corrected chi connectivity index (χ1v) is 9.13. The van der Waals surface area contributed by atoms with E-state index in [0.717, 1.165) is 46.1 Å². The van der Waals surface area contributed by atoms with E-state index in [1.807, 2.05) is 17.9 Å². The smallest absolute Gasteiger partial charge is 0.264 e. The predicted octanol–water partition coefficient (Wildman–Crippen LogP) is 3.39. The highest BCUT2D eigenvalue weighted by Gasteiger charge is 2.26. The number of thiophene rings is 1. The van der Waals surface area contributed by atoms with Crippen LogP contribution in [-0.2, 0) is 0 Å². The number of carbonyl (C=O) groups is 1. The number of amides is 1. The summed E-state index contributed by atoms with van der Waals surface area (Å²) in [5.41, 5.74) is 1.65. The second-order valence-electron chi connectivity index (χ2n) is 6.35. The molecule has 3 heterocycles. The lowest BCUT2D eigenvalue weighted by Crippen LogP contribution is -2.52. The lowest BCUT2D eigenvalue weighted by Gasteiger charge is -2.33. The van der Waals surface area contributed by atoms with E-state index in [2.05, 4.69) is 17.3 Å². The van der Waals surface area contributed by atoms with Crippen molar-refractivity contribution in [3.8, 4) is 5.69 Å². The van der Waals surface area contributed by atoms with Crippen molar-refractivity contribution >= 4 is 39.9 Å². The Hall–Kier alpha value is -1.96. The van der Waals surface area contributed by atoms with Crippen LogP contribution in [0.25, 0.3) is 15.9 Å². The van der Waals surface area contributed by atoms with Crippen LogP contribution >= 0.6 is 23.7 Å². The Bertz CT molecular complexity index is 937. The second kappa shape index (κ2) is 7.34. The summed E-state index contributed by atoms with van der Waals surface area (Å²) in [6.07, 6.45) is 0. The standard InChI is InChI=1S/C18H19FN4OS.ClH/c1-11-10-20-7-8-22(11)17(24)16-9-15-12(2)21-23(18(15)25-16)14-5-3-13(19)4-6-14;/h3-6,9,11,20H,7-8,10H2,1-2H3;1H/t11-;/m1./s1. The fourth-order valence-corrected chi connectivity index (χ4v) is 4.33. The van der Waals surface area contributed by atoms with E-state index in [4.69, 9.17) is 0 Å². The molecule has 138 valence electrons. The third-order valence-corrected chi connectivity index (χ3v) is 5.69. The number of carbonyl (C=O) groups excluding carboxylic acids is 1. The van der Waals surface area contributed by atoms with Crippen LogP contribution in [0.4, 0.5) is 4.39 Å². The van der Waals surface area contributed by atoms with Crippen LogP contribution in [-0.4, -0.2) is 46.3 Å². The van der Waals surface area contributed by atoms with Crippen molar-refractivity contribution < 1.29 is 9.18 Å². The van der Waals surface area contributed by atoms with Crippen LogP contribution in [0.3, 0.4) is 0 Å². The molecule has 2 aromatic heterocycles. The summed E-state index contributed by atoms with van der Waals surface area (Å²) >= 11 is 1.44. The van der Waals surface area contributed by atoms with Crippen LogP contribution < -0.4 is 5.32 Å². The largest absolute Gasteiger partial charge is 0.333 e. The number of hydrogen-bond acceptors (Lipinski definition) is 4. The molecule has 0 saturated carbocycles. The van der Waals surface area contributed by atoms with Gasteiger partial charge in [0.1, 0.15) is 10.6 Å². The predicted molar refractivity (Wildman–Crippen MR) is 104 cm³/mol. The summed E-state index contributed by atoms with van der Waals surface area (Å²) < 4.78 is 15.0. The Morgan fingerprint density at radius 3 is 2.77 bits per heavy atom. The van der Waals surface area contributed by atoms with Gasteiger partial charge in [0.25, 0.3) is 5.91 Å². The summed E-state index contributed by atoms with van der Waals surface area (Å²) in [6.45, 7) is 6.35. The minimum Gasteiger partial charge on any atom is -0.333 e. The van der Waals surface area contributed by atoms with E-state index < -0.39 is 0 Å². The Kier molecular flexibility index (Phi) is 5.32. The Morgan fingerprint density at radius 2 is 2.08 bits per heavy atom. The molecular formula is C18H20ClFN4OS. The number of piperazine rings is 1. The second-order valence-corrected chi connectivity index (χ2v) is 7.39. The SMILES string of the molecule is Cc1nn(-c2ccc(F)cc2)c2sc(C(=O)N3CCNC[C@H]3C)cc12.Cl. The fraction of sp³-hybridized carbons (Fsp3) is 0.333. The molecule has 1 aliphatic heterocycles. The minimum atomic E-state index is -0.279. The summed E-state index contributed by atoms with van der Waals surface area (Å²) in [7, 11) is 0. The highest BCUT2D eigenvalue weighted by Crippen LogP contribution is 2.31. The van der Waals surface area contributed by atoms with E-state index in [1.165, 1.54) is 23.5 Å². The molecule has 1 saturated heterocycles. The first-order valence-electron chi connectivity index (χ1n) is 8.31. The zero-order valence-electron chi connectivity index (χ0n) is 14.5. The maximum atomic E-state index is 13.2. The Balaban J connectivity index is 0.00000196. The topological polar surface area (TPSA) is 50.2 Å². The van der Waals surface area contributed by atoms with Crippen LogP contribution in [0.2, 0.25) is 0 Å². The van der Waals surface area contributed by atoms with Gasteiger partial charge in [0.2, 0.25) is 0 Å². The van der Waals surface area contributed by atoms with E-state index in [0.29, 0.717) is 0 Å². The number of benzene rings is 1. The Labute approximate surface area is 161 Å². The van der Waals surface area contributed by atoms with Gasteiger partial charge < -0.3 is 10.2 Å². The maximum Gasteiger partial charge on any atom is 0.264 e. The van der Waals surface area contributed by atoms with Crippen LogP contribution in [0.15, 0.2) is 30.3 Å². The molecule has 0 spiro atoms. The molecule has 0 aliphatic carbocycles. The fourth-order valence-electron chi connectivity index (χ4n) is 3.19. The third-order valence-electron chi connectivity index (χ3n) is 4.59. The van der Waals surface area contributed by atoms with Crippen molar-refractivity contribution in [2.45, 2.75) is 19.9 Å². The number of nitrogens with zero attached hydrogens (tertiary/aromatic N) is 3. The zero-order chi connectivity index (χ0) is 17.6. The average Bonchev–Trinajstić information content (AvgIpc) is 3.17. The van der Waals surface area contributed by atoms with E-state index >= 15 is 0 Å². The number of rotatable bonds is 2. The first kappa shape index (κ1) is 18.8. The van der Waals surface area contributed by atoms with Crippen molar-refractivity contribution in [2.24, 2.45) is 0 Å². The molecule has 4 rings (SSSR count). The number of halogens is 2. The molecule has 3 aromatic rings. The summed E-state index contributed by atoms with van der Waals surface area (Å²) in [5.74, 6) is -0.209. The molecule has 0 bridgehead atoms. The number of aryl methyl sites for hydroxylation is 1. The van der Waals surface area contributed by atoms with Crippen molar-refractivity contribution in [1.29, 1.82) is 0 Å². The molecule has 1 amide bonds. The Morgan fingerprint density at radius 1 is 1.35 bits per heavy atom. The van der Waals surface area contributed by atoms with Crippen molar-refractivity contribution in [1.82, 2.24) is 20.0 Å². The van der Waals surface area contributed by atoms with Gasteiger partial charge in [-0.05, 0) is 44.2 Å². The molecular weight excluding hydrogens is 375 g/mol. The highest BCUT2D eigenvalue weighted by molar-refractivity contribution is 7.20. The van der Waals surface area contributed by atoms with Gasteiger partial charge in [-0.1, -0.05) is 0 Å². The lowest BCUT2D eigenvalue weighted by atomic mass is 10.2. The summed E-state index contributed by atoms with van der Waals surface area (Å²) in [4.78, 5) is 16.5. The van der Waals surface area contributed by atoms with E-state index in [9.17, 15) is 9.18 Å². The van der Waals surface area contributed by atoms with Crippen LogP contribution in [0, 0.1) is 12.7 Å². The lowest BCUT2D eigenvalue weighted by molar-refractivity contribution is 0.0661.